The molecule has 1 aliphatic heterocycles. The molecular weight excluding hydrogens is 538 g/mol. The first-order chi connectivity index (χ1) is 16.0. The Morgan fingerprint density at radius 1 is 1.09 bits per heavy atom. The van der Waals surface area contributed by atoms with Gasteiger partial charge in [0.05, 0.1) is 10.9 Å². The van der Waals surface area contributed by atoms with Crippen molar-refractivity contribution in [1.29, 1.82) is 0 Å². The molecule has 0 bridgehead atoms. The lowest BCUT2D eigenvalue weighted by Gasteiger charge is -2.42. The lowest BCUT2D eigenvalue weighted by Crippen LogP contribution is -2.43. The van der Waals surface area contributed by atoms with Crippen LogP contribution in [0, 0.1) is 5.92 Å². The Kier molecular flexibility index (Phi) is 9.17. The van der Waals surface area contributed by atoms with Gasteiger partial charge in [-0.3, -0.25) is 0 Å². The first-order valence-electron chi connectivity index (χ1n) is 10.6. The van der Waals surface area contributed by atoms with E-state index in [1.165, 1.54) is 6.92 Å². The Labute approximate surface area is 220 Å². The fraction of sp³-hybridized carbons (Fsp3) is 0.348. The quantitative estimate of drug-likeness (QED) is 0.376. The average molecular weight is 563 g/mol. The lowest BCUT2D eigenvalue weighted by molar-refractivity contribution is 0.358. The number of nitrogens with one attached hydrogen (secondary N) is 2. The number of allylic oxidation sites excluding steroid dienone is 2. The molecule has 2 N–H and O–H groups in total. The first-order valence-corrected chi connectivity index (χ1v) is 13.6. The zero-order chi connectivity index (χ0) is 25.0. The van der Waals surface area contributed by atoms with Gasteiger partial charge in [-0.25, -0.2) is 13.1 Å². The standard InChI is InChI=1S/C23H25Cl4N4O2S/c1-14(29-2)22(23(27)28)34(32,33)30-12-15-3-10-21(19-9-6-17(25)11-20(19)26)31(13-15)18-7-4-16(24)5-8-18/h4-9,11,15,21,29-30H,3,10,12-13H2,1-2H3/q-1/b22-14+. The summed E-state index contributed by atoms with van der Waals surface area (Å²) in [6.07, 6.45) is 1.51. The molecule has 2 aromatic carbocycles. The van der Waals surface area contributed by atoms with Crippen LogP contribution in [0.3, 0.4) is 0 Å². The van der Waals surface area contributed by atoms with Gasteiger partial charge in [0, 0.05) is 46.6 Å². The summed E-state index contributed by atoms with van der Waals surface area (Å²) in [5.41, 5.74) is 2.15. The van der Waals surface area contributed by atoms with Crippen LogP contribution in [0.2, 0.25) is 15.1 Å². The average Bonchev–Trinajstić information content (AvgIpc) is 2.78. The molecular formula is C23H25Cl4N4O2S-. The van der Waals surface area contributed by atoms with Crippen LogP contribution in [0.15, 0.2) is 53.1 Å². The fourth-order valence-corrected chi connectivity index (χ4v) is 6.54. The van der Waals surface area contributed by atoms with E-state index in [0.29, 0.717) is 21.6 Å². The normalized spacial score (nSPS) is 19.5. The van der Waals surface area contributed by atoms with Gasteiger partial charge in [0.25, 0.3) is 0 Å². The summed E-state index contributed by atoms with van der Waals surface area (Å²) in [5, 5.41) is 13.4. The van der Waals surface area contributed by atoms with E-state index in [9.17, 15) is 13.8 Å². The molecule has 2 unspecified atom stereocenters. The van der Waals surface area contributed by atoms with Crippen molar-refractivity contribution in [2.45, 2.75) is 25.8 Å². The smallest absolute Gasteiger partial charge is 0.241 e. The lowest BCUT2D eigenvalue weighted by atomic mass is 9.88. The molecule has 34 heavy (non-hydrogen) atoms. The second-order valence-electron chi connectivity index (χ2n) is 8.10. The maximum absolute atomic E-state index is 12.8. The van der Waals surface area contributed by atoms with E-state index in [4.69, 9.17) is 46.4 Å². The van der Waals surface area contributed by atoms with Crippen LogP contribution in [-0.2, 0) is 10.0 Å². The molecule has 11 heteroatoms. The number of sulfonamides is 1. The molecule has 1 fully saturated rings. The molecule has 0 radical (unpaired) electrons. The summed E-state index contributed by atoms with van der Waals surface area (Å²) < 4.78 is 28.3. The minimum absolute atomic E-state index is 0.00129. The van der Waals surface area contributed by atoms with Gasteiger partial charge >= 0.3 is 0 Å². The minimum Gasteiger partial charge on any atom is -0.792 e. The minimum atomic E-state index is -4.02. The van der Waals surface area contributed by atoms with E-state index in [1.807, 2.05) is 36.4 Å². The molecule has 0 aliphatic carbocycles. The molecule has 6 nitrogen and oxygen atoms in total. The third kappa shape index (κ3) is 6.39. The van der Waals surface area contributed by atoms with Gasteiger partial charge in [0.1, 0.15) is 0 Å². The van der Waals surface area contributed by atoms with E-state index in [1.54, 1.807) is 13.1 Å². The molecule has 0 amide bonds. The zero-order valence-corrected chi connectivity index (χ0v) is 22.5. The number of anilines is 1. The first kappa shape index (κ1) is 27.1. The van der Waals surface area contributed by atoms with Gasteiger partial charge < -0.3 is 15.6 Å². The van der Waals surface area contributed by atoms with Gasteiger partial charge in [-0.2, -0.15) is 0 Å². The monoisotopic (exact) mass is 561 g/mol. The fourth-order valence-electron chi connectivity index (χ4n) is 4.11. The third-order valence-electron chi connectivity index (χ3n) is 5.89. The van der Waals surface area contributed by atoms with E-state index in [-0.39, 0.29) is 29.1 Å². The van der Waals surface area contributed by atoms with Crippen LogP contribution in [0.25, 0.3) is 5.41 Å². The van der Waals surface area contributed by atoms with Crippen molar-refractivity contribution in [3.8, 4) is 0 Å². The van der Waals surface area contributed by atoms with Crippen LogP contribution >= 0.6 is 46.4 Å². The van der Waals surface area contributed by atoms with Gasteiger partial charge in [-0.1, -0.05) is 46.0 Å². The Morgan fingerprint density at radius 3 is 2.32 bits per heavy atom. The maximum Gasteiger partial charge on any atom is 0.241 e. The zero-order valence-electron chi connectivity index (χ0n) is 18.7. The van der Waals surface area contributed by atoms with Crippen molar-refractivity contribution in [1.82, 2.24) is 10.0 Å². The maximum atomic E-state index is 12.8. The molecule has 0 aromatic heterocycles. The molecule has 2 aromatic rings. The Bertz CT molecular complexity index is 1190. The number of halogens is 4. The molecule has 0 saturated carbocycles. The molecule has 2 atom stereocenters. The van der Waals surface area contributed by atoms with Crippen molar-refractivity contribution >= 4 is 67.3 Å². The summed E-state index contributed by atoms with van der Waals surface area (Å²) in [7, 11) is -2.47. The van der Waals surface area contributed by atoms with Crippen molar-refractivity contribution in [3.63, 3.8) is 0 Å². The predicted molar refractivity (Wildman–Crippen MR) is 144 cm³/mol. The summed E-state index contributed by atoms with van der Waals surface area (Å²) in [6.45, 7) is 2.28. The number of rotatable bonds is 8. The Morgan fingerprint density at radius 2 is 1.74 bits per heavy atom. The van der Waals surface area contributed by atoms with Gasteiger partial charge in [-0.05, 0) is 67.6 Å². The van der Waals surface area contributed by atoms with Gasteiger partial charge in [0.15, 0.2) is 0 Å². The number of piperidine rings is 1. The molecule has 3 rings (SSSR count). The second-order valence-corrected chi connectivity index (χ2v) is 11.4. The third-order valence-corrected chi connectivity index (χ3v) is 8.59. The Hall–Kier alpha value is -1.48. The highest BCUT2D eigenvalue weighted by atomic mass is 35.5. The van der Waals surface area contributed by atoms with Crippen LogP contribution in [0.5, 0.6) is 0 Å². The number of hydrogen-bond donors (Lipinski definition) is 2. The molecule has 1 saturated heterocycles. The van der Waals surface area contributed by atoms with E-state index >= 15 is 0 Å². The van der Waals surface area contributed by atoms with Crippen LogP contribution in [0.1, 0.15) is 31.4 Å². The van der Waals surface area contributed by atoms with Gasteiger partial charge in [-0.15, -0.1) is 11.6 Å². The SMILES string of the molecule is CN/C(C)=C(\C(=[N-])Cl)S(=O)(=O)NCC1CCC(c2ccc(Cl)cc2Cl)N(c2ccc(Cl)cc2)C1. The number of nitrogens with zero attached hydrogens (tertiary/aromatic N) is 2. The largest absolute Gasteiger partial charge is 0.792 e. The summed E-state index contributed by atoms with van der Waals surface area (Å²) >= 11 is 24.4. The topological polar surface area (TPSA) is 83.7 Å². The molecule has 184 valence electrons. The highest BCUT2D eigenvalue weighted by molar-refractivity contribution is 7.94. The second kappa shape index (κ2) is 11.5. The predicted octanol–water partition coefficient (Wildman–Crippen LogP) is 6.18. The molecule has 1 heterocycles. The highest BCUT2D eigenvalue weighted by Gasteiger charge is 2.32. The molecule has 0 spiro atoms. The van der Waals surface area contributed by atoms with E-state index in [2.05, 4.69) is 14.9 Å². The summed E-state index contributed by atoms with van der Waals surface area (Å²) in [4.78, 5) is 1.84. The van der Waals surface area contributed by atoms with Crippen molar-refractivity contribution in [2.75, 3.05) is 25.0 Å². The summed E-state index contributed by atoms with van der Waals surface area (Å²) in [5.74, 6) is 0.00129. The van der Waals surface area contributed by atoms with Crippen LogP contribution in [0.4, 0.5) is 5.69 Å². The van der Waals surface area contributed by atoms with Crippen LogP contribution in [-0.4, -0.2) is 33.7 Å². The van der Waals surface area contributed by atoms with Crippen molar-refractivity contribution in [2.24, 2.45) is 5.92 Å². The van der Waals surface area contributed by atoms with Gasteiger partial charge in [0.2, 0.25) is 10.0 Å². The van der Waals surface area contributed by atoms with Crippen molar-refractivity contribution in [3.05, 3.63) is 79.1 Å². The van der Waals surface area contributed by atoms with E-state index in [0.717, 1.165) is 24.1 Å². The Balaban J connectivity index is 1.85. The summed E-state index contributed by atoms with van der Waals surface area (Å²) in [6, 6.07) is 13.0. The van der Waals surface area contributed by atoms with Crippen molar-refractivity contribution < 1.29 is 8.42 Å². The highest BCUT2D eigenvalue weighted by Crippen LogP contribution is 2.40. The van der Waals surface area contributed by atoms with E-state index < -0.39 is 15.2 Å². The molecule has 1 aliphatic rings. The van der Waals surface area contributed by atoms with Crippen LogP contribution < -0.4 is 14.9 Å². The number of benzene rings is 2. The number of hydrogen-bond acceptors (Lipinski definition) is 4.